The van der Waals surface area contributed by atoms with Crippen LogP contribution in [0.4, 0.5) is 11.4 Å². The second kappa shape index (κ2) is 8.16. The first kappa shape index (κ1) is 18.3. The number of nitro groups is 1. The molecular formula is C16H15BrN2O4S. The summed E-state index contributed by atoms with van der Waals surface area (Å²) < 4.78 is 6.11. The fraction of sp³-hybridized carbons (Fsp3) is 0.188. The fourth-order valence-corrected chi connectivity index (χ4v) is 3.04. The third-order valence-electron chi connectivity index (χ3n) is 3.15. The smallest absolute Gasteiger partial charge is 0.271 e. The monoisotopic (exact) mass is 410 g/mol. The van der Waals surface area contributed by atoms with Crippen LogP contribution >= 0.6 is 27.7 Å². The summed E-state index contributed by atoms with van der Waals surface area (Å²) >= 11 is 4.76. The maximum absolute atomic E-state index is 12.4. The molecule has 126 valence electrons. The summed E-state index contributed by atoms with van der Waals surface area (Å²) in [6, 6.07) is 11.7. The zero-order valence-corrected chi connectivity index (χ0v) is 15.4. The largest absolute Gasteiger partial charge is 0.495 e. The number of thioether (sulfide) groups is 1. The van der Waals surface area contributed by atoms with Gasteiger partial charge in [-0.25, -0.2) is 0 Å². The van der Waals surface area contributed by atoms with Gasteiger partial charge in [-0.05, 0) is 37.3 Å². The Labute approximate surface area is 151 Å². The normalized spacial score (nSPS) is 11.6. The first-order chi connectivity index (χ1) is 11.4. The Kier molecular flexibility index (Phi) is 6.22. The number of amides is 1. The van der Waals surface area contributed by atoms with Crippen molar-refractivity contribution in [3.05, 3.63) is 57.1 Å². The molecule has 0 saturated carbocycles. The molecule has 0 fully saturated rings. The zero-order valence-electron chi connectivity index (χ0n) is 13.0. The third kappa shape index (κ3) is 4.72. The van der Waals surface area contributed by atoms with Crippen molar-refractivity contribution in [2.75, 3.05) is 12.4 Å². The topological polar surface area (TPSA) is 81.5 Å². The molecule has 0 aliphatic carbocycles. The van der Waals surface area contributed by atoms with Crippen molar-refractivity contribution >= 4 is 45.0 Å². The number of nitro benzene ring substituents is 1. The highest BCUT2D eigenvalue weighted by atomic mass is 79.9. The summed E-state index contributed by atoms with van der Waals surface area (Å²) in [7, 11) is 1.44. The summed E-state index contributed by atoms with van der Waals surface area (Å²) in [5.74, 6) is 0.108. The van der Waals surface area contributed by atoms with Crippen LogP contribution in [0.2, 0.25) is 0 Å². The van der Waals surface area contributed by atoms with Crippen LogP contribution in [-0.4, -0.2) is 23.2 Å². The number of anilines is 1. The molecule has 0 spiro atoms. The molecule has 1 N–H and O–H groups in total. The summed E-state index contributed by atoms with van der Waals surface area (Å²) in [5, 5.41) is 13.2. The van der Waals surface area contributed by atoms with Gasteiger partial charge in [-0.3, -0.25) is 14.9 Å². The predicted molar refractivity (Wildman–Crippen MR) is 97.7 cm³/mol. The van der Waals surface area contributed by atoms with E-state index < -0.39 is 4.92 Å². The van der Waals surface area contributed by atoms with Crippen LogP contribution in [0, 0.1) is 10.1 Å². The Morgan fingerprint density at radius 3 is 2.54 bits per heavy atom. The van der Waals surface area contributed by atoms with E-state index in [9.17, 15) is 14.9 Å². The lowest BCUT2D eigenvalue weighted by Crippen LogP contribution is -2.22. The Hall–Kier alpha value is -2.06. The van der Waals surface area contributed by atoms with E-state index in [2.05, 4.69) is 21.2 Å². The molecule has 8 heteroatoms. The number of carbonyl (C=O) groups is 1. The number of nitrogens with zero attached hydrogens (tertiary/aromatic N) is 1. The number of halogens is 1. The molecule has 0 unspecified atom stereocenters. The van der Waals surface area contributed by atoms with Crippen molar-refractivity contribution in [2.24, 2.45) is 0 Å². The molecule has 1 atom stereocenters. The molecule has 0 aliphatic rings. The van der Waals surface area contributed by atoms with Crippen LogP contribution in [0.1, 0.15) is 6.92 Å². The first-order valence-electron chi connectivity index (χ1n) is 6.96. The second-order valence-electron chi connectivity index (χ2n) is 4.84. The van der Waals surface area contributed by atoms with Gasteiger partial charge in [0.05, 0.1) is 23.0 Å². The van der Waals surface area contributed by atoms with E-state index >= 15 is 0 Å². The molecule has 2 aromatic carbocycles. The van der Waals surface area contributed by atoms with Crippen molar-refractivity contribution in [3.8, 4) is 5.75 Å². The number of nitrogens with one attached hydrogen (secondary N) is 1. The van der Waals surface area contributed by atoms with E-state index in [4.69, 9.17) is 4.74 Å². The number of hydrogen-bond donors (Lipinski definition) is 1. The van der Waals surface area contributed by atoms with Gasteiger partial charge in [0.2, 0.25) is 5.91 Å². The van der Waals surface area contributed by atoms with E-state index in [1.165, 1.54) is 37.1 Å². The molecule has 2 aromatic rings. The second-order valence-corrected chi connectivity index (χ2v) is 7.17. The van der Waals surface area contributed by atoms with Crippen molar-refractivity contribution in [3.63, 3.8) is 0 Å². The van der Waals surface area contributed by atoms with Gasteiger partial charge in [0.15, 0.2) is 0 Å². The first-order valence-corrected chi connectivity index (χ1v) is 8.63. The Morgan fingerprint density at radius 2 is 1.96 bits per heavy atom. The standard InChI is InChI=1S/C16H15BrN2O4S/c1-10(24-13-6-3-11(17)4-7-13)16(20)18-14-9-12(19(21)22)5-8-15(14)23-2/h3-10H,1-2H3,(H,18,20)/t10-/m0/s1. The average molecular weight is 411 g/mol. The SMILES string of the molecule is COc1ccc([N+](=O)[O-])cc1NC(=O)[C@H](C)Sc1ccc(Br)cc1. The quantitative estimate of drug-likeness (QED) is 0.431. The minimum Gasteiger partial charge on any atom is -0.495 e. The number of hydrogen-bond acceptors (Lipinski definition) is 5. The maximum Gasteiger partial charge on any atom is 0.271 e. The van der Waals surface area contributed by atoms with Gasteiger partial charge in [-0.1, -0.05) is 15.9 Å². The van der Waals surface area contributed by atoms with E-state index in [1.54, 1.807) is 6.92 Å². The summed E-state index contributed by atoms with van der Waals surface area (Å²) in [5.41, 5.74) is 0.166. The van der Waals surface area contributed by atoms with Crippen molar-refractivity contribution in [2.45, 2.75) is 17.1 Å². The number of ether oxygens (including phenoxy) is 1. The highest BCUT2D eigenvalue weighted by Crippen LogP contribution is 2.31. The molecule has 2 rings (SSSR count). The number of non-ortho nitro benzene ring substituents is 1. The van der Waals surface area contributed by atoms with E-state index in [0.29, 0.717) is 5.75 Å². The fourth-order valence-electron chi connectivity index (χ4n) is 1.91. The molecular weight excluding hydrogens is 396 g/mol. The molecule has 0 radical (unpaired) electrons. The minimum absolute atomic E-state index is 0.112. The highest BCUT2D eigenvalue weighted by Gasteiger charge is 2.18. The number of carbonyl (C=O) groups excluding carboxylic acids is 1. The van der Waals surface area contributed by atoms with Crippen LogP contribution in [0.25, 0.3) is 0 Å². The Balaban J connectivity index is 2.11. The van der Waals surface area contributed by atoms with Crippen molar-refractivity contribution < 1.29 is 14.5 Å². The van der Waals surface area contributed by atoms with E-state index in [0.717, 1.165) is 9.37 Å². The zero-order chi connectivity index (χ0) is 17.7. The number of methoxy groups -OCH3 is 1. The Morgan fingerprint density at radius 1 is 1.29 bits per heavy atom. The molecule has 0 aromatic heterocycles. The van der Waals surface area contributed by atoms with E-state index in [1.807, 2.05) is 24.3 Å². The van der Waals surface area contributed by atoms with Gasteiger partial charge in [0.25, 0.3) is 5.69 Å². The molecule has 0 heterocycles. The number of rotatable bonds is 6. The molecule has 0 aliphatic heterocycles. The van der Waals surface area contributed by atoms with Gasteiger partial charge < -0.3 is 10.1 Å². The average Bonchev–Trinajstić information content (AvgIpc) is 2.56. The molecule has 0 saturated heterocycles. The number of benzene rings is 2. The van der Waals surface area contributed by atoms with Crippen LogP contribution in [0.15, 0.2) is 51.8 Å². The van der Waals surface area contributed by atoms with Crippen LogP contribution in [0.5, 0.6) is 5.75 Å². The van der Waals surface area contributed by atoms with Crippen molar-refractivity contribution in [1.29, 1.82) is 0 Å². The summed E-state index contributed by atoms with van der Waals surface area (Å²) in [6.07, 6.45) is 0. The van der Waals surface area contributed by atoms with Crippen molar-refractivity contribution in [1.82, 2.24) is 0 Å². The van der Waals surface area contributed by atoms with Gasteiger partial charge in [-0.2, -0.15) is 0 Å². The van der Waals surface area contributed by atoms with Gasteiger partial charge >= 0.3 is 0 Å². The van der Waals surface area contributed by atoms with Crippen LogP contribution in [-0.2, 0) is 4.79 Å². The Bertz CT molecular complexity index is 752. The predicted octanol–water partition coefficient (Wildman–Crippen LogP) is 4.49. The van der Waals surface area contributed by atoms with Gasteiger partial charge in [0.1, 0.15) is 5.75 Å². The minimum atomic E-state index is -0.519. The molecule has 24 heavy (non-hydrogen) atoms. The van der Waals surface area contributed by atoms with Gasteiger partial charge in [-0.15, -0.1) is 11.8 Å². The lowest BCUT2D eigenvalue weighted by Gasteiger charge is -2.14. The van der Waals surface area contributed by atoms with Gasteiger partial charge in [0, 0.05) is 21.5 Å². The van der Waals surface area contributed by atoms with E-state index in [-0.39, 0.29) is 22.5 Å². The lowest BCUT2D eigenvalue weighted by atomic mass is 10.2. The molecule has 0 bridgehead atoms. The maximum atomic E-state index is 12.4. The molecule has 1 amide bonds. The molecule has 6 nitrogen and oxygen atoms in total. The summed E-state index contributed by atoms with van der Waals surface area (Å²) in [6.45, 7) is 1.77. The summed E-state index contributed by atoms with van der Waals surface area (Å²) in [4.78, 5) is 23.7. The third-order valence-corrected chi connectivity index (χ3v) is 4.79. The lowest BCUT2D eigenvalue weighted by molar-refractivity contribution is -0.384. The highest BCUT2D eigenvalue weighted by molar-refractivity contribution is 9.10. The van der Waals surface area contributed by atoms with Crippen LogP contribution < -0.4 is 10.1 Å². The van der Waals surface area contributed by atoms with Crippen LogP contribution in [0.3, 0.4) is 0 Å².